The van der Waals surface area contributed by atoms with E-state index in [0.717, 1.165) is 17.4 Å². The van der Waals surface area contributed by atoms with Crippen molar-refractivity contribution in [1.29, 1.82) is 0 Å². The summed E-state index contributed by atoms with van der Waals surface area (Å²) in [5.74, 6) is 0.765. The number of nitrogens with one attached hydrogen (secondary N) is 2. The van der Waals surface area contributed by atoms with E-state index < -0.39 is 16.1 Å². The predicted octanol–water partition coefficient (Wildman–Crippen LogP) is 2.80. The van der Waals surface area contributed by atoms with Crippen molar-refractivity contribution in [2.45, 2.75) is 6.54 Å². The lowest BCUT2D eigenvalue weighted by Gasteiger charge is -2.08. The molecule has 2 N–H and O–H groups in total. The summed E-state index contributed by atoms with van der Waals surface area (Å²) in [7, 11) is -3.32. The second-order valence-electron chi connectivity index (χ2n) is 5.92. The molecule has 28 heavy (non-hydrogen) atoms. The first-order chi connectivity index (χ1) is 13.4. The van der Waals surface area contributed by atoms with E-state index in [1.807, 2.05) is 30.3 Å². The Morgan fingerprint density at radius 3 is 2.25 bits per heavy atom. The van der Waals surface area contributed by atoms with Crippen LogP contribution in [0, 0.1) is 0 Å². The van der Waals surface area contributed by atoms with Gasteiger partial charge in [0.1, 0.15) is 0 Å². The van der Waals surface area contributed by atoms with Crippen LogP contribution in [-0.2, 0) is 16.6 Å². The number of benzene rings is 2. The van der Waals surface area contributed by atoms with Crippen LogP contribution in [0.5, 0.6) is 5.75 Å². The van der Waals surface area contributed by atoms with Gasteiger partial charge < -0.3 is 10.1 Å². The number of hydrogen-bond donors (Lipinski definition) is 2. The lowest BCUT2D eigenvalue weighted by atomic mass is 10.2. The van der Waals surface area contributed by atoms with Gasteiger partial charge in [0.25, 0.3) is 0 Å². The van der Waals surface area contributed by atoms with Crippen molar-refractivity contribution in [2.24, 2.45) is 0 Å². The van der Waals surface area contributed by atoms with Crippen molar-refractivity contribution in [2.75, 3.05) is 11.0 Å². The van der Waals surface area contributed by atoms with E-state index in [-0.39, 0.29) is 12.3 Å². The maximum absolute atomic E-state index is 11.9. The molecule has 0 aliphatic carbocycles. The van der Waals surface area contributed by atoms with Crippen LogP contribution in [0.3, 0.4) is 0 Å². The molecule has 0 radical (unpaired) electrons. The highest BCUT2D eigenvalue weighted by atomic mass is 32.2. The maximum Gasteiger partial charge on any atom is 0.412 e. The SMILES string of the molecule is CS(=O)(=O)Nc1ccc(CNC(=O)Oc2cnc(-c3ccccc3)nc2)cc1. The largest absolute Gasteiger partial charge is 0.412 e. The van der Waals surface area contributed by atoms with Gasteiger partial charge in [0.05, 0.1) is 18.6 Å². The van der Waals surface area contributed by atoms with Crippen LogP contribution in [0.15, 0.2) is 67.0 Å². The van der Waals surface area contributed by atoms with Gasteiger partial charge in [0.2, 0.25) is 10.0 Å². The van der Waals surface area contributed by atoms with Crippen LogP contribution in [-0.4, -0.2) is 30.7 Å². The van der Waals surface area contributed by atoms with Gasteiger partial charge in [-0.05, 0) is 17.7 Å². The molecule has 0 aliphatic heterocycles. The number of carbonyl (C=O) groups excluding carboxylic acids is 1. The minimum absolute atomic E-state index is 0.223. The topological polar surface area (TPSA) is 110 Å². The number of aromatic nitrogens is 2. The molecule has 9 heteroatoms. The molecule has 0 spiro atoms. The van der Waals surface area contributed by atoms with Crippen molar-refractivity contribution in [3.63, 3.8) is 0 Å². The molecule has 0 fully saturated rings. The Kier molecular flexibility index (Phi) is 5.85. The molecule has 144 valence electrons. The minimum atomic E-state index is -3.32. The second-order valence-corrected chi connectivity index (χ2v) is 7.67. The Balaban J connectivity index is 1.51. The van der Waals surface area contributed by atoms with Crippen LogP contribution in [0.1, 0.15) is 5.56 Å². The maximum atomic E-state index is 11.9. The number of anilines is 1. The van der Waals surface area contributed by atoms with Crippen molar-refractivity contribution in [3.8, 4) is 17.1 Å². The van der Waals surface area contributed by atoms with Gasteiger partial charge in [0.15, 0.2) is 11.6 Å². The van der Waals surface area contributed by atoms with Gasteiger partial charge in [-0.2, -0.15) is 0 Å². The van der Waals surface area contributed by atoms with Crippen molar-refractivity contribution in [1.82, 2.24) is 15.3 Å². The van der Waals surface area contributed by atoms with Gasteiger partial charge in [-0.1, -0.05) is 42.5 Å². The fourth-order valence-electron chi connectivity index (χ4n) is 2.33. The van der Waals surface area contributed by atoms with Gasteiger partial charge in [0, 0.05) is 17.8 Å². The third-order valence-electron chi connectivity index (χ3n) is 3.56. The van der Waals surface area contributed by atoms with Gasteiger partial charge in [-0.25, -0.2) is 23.2 Å². The summed E-state index contributed by atoms with van der Waals surface area (Å²) < 4.78 is 29.9. The van der Waals surface area contributed by atoms with E-state index in [9.17, 15) is 13.2 Å². The molecule has 0 unspecified atom stereocenters. The molecule has 0 atom stereocenters. The Bertz CT molecular complexity index is 1040. The van der Waals surface area contributed by atoms with Crippen LogP contribution in [0.2, 0.25) is 0 Å². The highest BCUT2D eigenvalue weighted by molar-refractivity contribution is 7.92. The first kappa shape index (κ1) is 19.3. The number of carbonyl (C=O) groups is 1. The smallest absolute Gasteiger partial charge is 0.407 e. The van der Waals surface area contributed by atoms with Crippen LogP contribution < -0.4 is 14.8 Å². The molecule has 1 heterocycles. The summed E-state index contributed by atoms with van der Waals surface area (Å²) in [6.07, 6.45) is 3.30. The molecule has 0 bridgehead atoms. The summed E-state index contributed by atoms with van der Waals surface area (Å²) in [4.78, 5) is 20.3. The second kappa shape index (κ2) is 8.49. The monoisotopic (exact) mass is 398 g/mol. The highest BCUT2D eigenvalue weighted by Gasteiger charge is 2.07. The summed E-state index contributed by atoms with van der Waals surface area (Å²) in [6, 6.07) is 16.1. The fraction of sp³-hybridized carbons (Fsp3) is 0.105. The quantitative estimate of drug-likeness (QED) is 0.661. The summed E-state index contributed by atoms with van der Waals surface area (Å²) >= 11 is 0. The average molecular weight is 398 g/mol. The Labute approximate surface area is 162 Å². The number of rotatable bonds is 6. The number of hydrogen-bond acceptors (Lipinski definition) is 6. The van der Waals surface area contributed by atoms with Crippen LogP contribution in [0.25, 0.3) is 11.4 Å². The zero-order chi connectivity index (χ0) is 20.0. The first-order valence-electron chi connectivity index (χ1n) is 8.29. The molecule has 1 amide bonds. The first-order valence-corrected chi connectivity index (χ1v) is 10.2. The summed E-state index contributed by atoms with van der Waals surface area (Å²) in [5.41, 5.74) is 2.10. The molecular formula is C19H18N4O4S. The number of nitrogens with zero attached hydrogens (tertiary/aromatic N) is 2. The molecular weight excluding hydrogens is 380 g/mol. The third-order valence-corrected chi connectivity index (χ3v) is 4.17. The molecule has 8 nitrogen and oxygen atoms in total. The fourth-order valence-corrected chi connectivity index (χ4v) is 2.89. The van der Waals surface area contributed by atoms with E-state index in [2.05, 4.69) is 20.0 Å². The molecule has 3 rings (SSSR count). The van der Waals surface area contributed by atoms with Crippen LogP contribution in [0.4, 0.5) is 10.5 Å². The van der Waals surface area contributed by atoms with Gasteiger partial charge in [-0.15, -0.1) is 0 Å². The van der Waals surface area contributed by atoms with E-state index in [0.29, 0.717) is 11.5 Å². The normalized spacial score (nSPS) is 10.9. The predicted molar refractivity (Wildman–Crippen MR) is 105 cm³/mol. The Morgan fingerprint density at radius 1 is 1.00 bits per heavy atom. The van der Waals surface area contributed by atoms with E-state index >= 15 is 0 Å². The number of sulfonamides is 1. The molecule has 1 aromatic heterocycles. The molecule has 0 saturated carbocycles. The number of ether oxygens (including phenoxy) is 1. The summed E-state index contributed by atoms with van der Waals surface area (Å²) in [5, 5.41) is 2.61. The van der Waals surface area contributed by atoms with Crippen molar-refractivity contribution >= 4 is 21.8 Å². The zero-order valence-electron chi connectivity index (χ0n) is 15.0. The molecule has 0 saturated heterocycles. The summed E-state index contributed by atoms with van der Waals surface area (Å²) in [6.45, 7) is 0.223. The highest BCUT2D eigenvalue weighted by Crippen LogP contribution is 2.16. The van der Waals surface area contributed by atoms with Crippen molar-refractivity contribution in [3.05, 3.63) is 72.6 Å². The van der Waals surface area contributed by atoms with Gasteiger partial charge in [-0.3, -0.25) is 4.72 Å². The van der Waals surface area contributed by atoms with Gasteiger partial charge >= 0.3 is 6.09 Å². The lowest BCUT2D eigenvalue weighted by Crippen LogP contribution is -2.26. The van der Waals surface area contributed by atoms with E-state index in [1.54, 1.807) is 24.3 Å². The molecule has 0 aliphatic rings. The third kappa shape index (κ3) is 5.78. The van der Waals surface area contributed by atoms with Crippen LogP contribution >= 0.6 is 0 Å². The zero-order valence-corrected chi connectivity index (χ0v) is 15.8. The Morgan fingerprint density at radius 2 is 1.64 bits per heavy atom. The van der Waals surface area contributed by atoms with Crippen molar-refractivity contribution < 1.29 is 17.9 Å². The Hall–Kier alpha value is -3.46. The lowest BCUT2D eigenvalue weighted by molar-refractivity contribution is 0.199. The average Bonchev–Trinajstić information content (AvgIpc) is 2.68. The standard InChI is InChI=1S/C19H18N4O4S/c1-28(25,26)23-16-9-7-14(8-10-16)11-22-19(24)27-17-12-20-18(21-13-17)15-5-3-2-4-6-15/h2-10,12-13,23H,11H2,1H3,(H,22,24). The number of amides is 1. The minimum Gasteiger partial charge on any atom is -0.407 e. The molecule has 2 aromatic carbocycles. The van der Waals surface area contributed by atoms with E-state index in [1.165, 1.54) is 12.4 Å². The van der Waals surface area contributed by atoms with E-state index in [4.69, 9.17) is 4.74 Å². The molecule has 3 aromatic rings.